The molecule has 0 saturated carbocycles. The zero-order valence-corrected chi connectivity index (χ0v) is 12.7. The molecule has 1 fully saturated rings. The van der Waals surface area contributed by atoms with Gasteiger partial charge >= 0.3 is 0 Å². The molecule has 0 bridgehead atoms. The van der Waals surface area contributed by atoms with Crippen molar-refractivity contribution in [1.29, 1.82) is 0 Å². The van der Waals surface area contributed by atoms with Crippen molar-refractivity contribution in [3.63, 3.8) is 0 Å². The summed E-state index contributed by atoms with van der Waals surface area (Å²) < 4.78 is 19.8. The molecule has 1 saturated heterocycles. The van der Waals surface area contributed by atoms with Gasteiger partial charge in [-0.05, 0) is 31.0 Å². The highest BCUT2D eigenvalue weighted by atomic mass is 19.1. The number of ether oxygens (including phenoxy) is 1. The molecule has 0 aliphatic carbocycles. The van der Waals surface area contributed by atoms with Crippen LogP contribution in [0.1, 0.15) is 26.3 Å². The second-order valence-corrected chi connectivity index (χ2v) is 5.90. The molecule has 4 heteroatoms. The molecule has 1 aliphatic heterocycles. The van der Waals surface area contributed by atoms with Gasteiger partial charge in [0.05, 0.1) is 18.4 Å². The summed E-state index contributed by atoms with van der Waals surface area (Å²) in [5.74, 6) is 0.457. The van der Waals surface area contributed by atoms with Crippen molar-refractivity contribution in [2.24, 2.45) is 5.92 Å². The molecule has 1 atom stereocenters. The molecule has 1 unspecified atom stereocenters. The van der Waals surface area contributed by atoms with Crippen molar-refractivity contribution < 1.29 is 9.13 Å². The minimum absolute atomic E-state index is 0.136. The van der Waals surface area contributed by atoms with Crippen LogP contribution in [0.3, 0.4) is 0 Å². The Hall–Kier alpha value is -1.13. The molecule has 1 heterocycles. The van der Waals surface area contributed by atoms with E-state index >= 15 is 0 Å². The lowest BCUT2D eigenvalue weighted by atomic mass is 10.1. The summed E-state index contributed by atoms with van der Waals surface area (Å²) in [5, 5.41) is 3.39. The van der Waals surface area contributed by atoms with Crippen molar-refractivity contribution in [2.75, 3.05) is 31.1 Å². The fourth-order valence-electron chi connectivity index (χ4n) is 2.57. The third-order valence-corrected chi connectivity index (χ3v) is 3.50. The second-order valence-electron chi connectivity index (χ2n) is 5.90. The van der Waals surface area contributed by atoms with Crippen molar-refractivity contribution in [2.45, 2.75) is 33.4 Å². The molecule has 0 spiro atoms. The number of morpholine rings is 1. The van der Waals surface area contributed by atoms with E-state index in [1.807, 2.05) is 13.0 Å². The Morgan fingerprint density at radius 2 is 2.25 bits per heavy atom. The fourth-order valence-corrected chi connectivity index (χ4v) is 2.57. The third kappa shape index (κ3) is 3.93. The molecule has 1 aromatic carbocycles. The first-order valence-electron chi connectivity index (χ1n) is 7.42. The number of para-hydroxylation sites is 1. The van der Waals surface area contributed by atoms with Gasteiger partial charge in [0.2, 0.25) is 0 Å². The number of nitrogens with one attached hydrogen (secondary N) is 1. The zero-order chi connectivity index (χ0) is 14.5. The summed E-state index contributed by atoms with van der Waals surface area (Å²) in [4.78, 5) is 2.11. The SMILES string of the molecule is CC(C)CNCc1cccc(F)c1N1CCOC(C)C1. The van der Waals surface area contributed by atoms with Crippen LogP contribution in [0.15, 0.2) is 18.2 Å². The zero-order valence-electron chi connectivity index (χ0n) is 12.7. The monoisotopic (exact) mass is 280 g/mol. The topological polar surface area (TPSA) is 24.5 Å². The van der Waals surface area contributed by atoms with E-state index in [0.717, 1.165) is 30.9 Å². The van der Waals surface area contributed by atoms with Gasteiger partial charge in [0.25, 0.3) is 0 Å². The minimum Gasteiger partial charge on any atom is -0.375 e. The maximum absolute atomic E-state index is 14.2. The number of rotatable bonds is 5. The average molecular weight is 280 g/mol. The summed E-state index contributed by atoms with van der Waals surface area (Å²) in [5.41, 5.74) is 1.76. The number of nitrogens with zero attached hydrogens (tertiary/aromatic N) is 1. The van der Waals surface area contributed by atoms with Crippen molar-refractivity contribution >= 4 is 5.69 Å². The number of anilines is 1. The van der Waals surface area contributed by atoms with Gasteiger partial charge in [0, 0.05) is 19.6 Å². The van der Waals surface area contributed by atoms with Crippen LogP contribution in [0.25, 0.3) is 0 Å². The highest BCUT2D eigenvalue weighted by Crippen LogP contribution is 2.26. The van der Waals surface area contributed by atoms with E-state index in [1.54, 1.807) is 12.1 Å². The van der Waals surface area contributed by atoms with Gasteiger partial charge in [0.1, 0.15) is 5.82 Å². The van der Waals surface area contributed by atoms with E-state index in [9.17, 15) is 4.39 Å². The quantitative estimate of drug-likeness (QED) is 0.897. The number of benzene rings is 1. The average Bonchev–Trinajstić information content (AvgIpc) is 2.38. The van der Waals surface area contributed by atoms with E-state index in [1.165, 1.54) is 0 Å². The smallest absolute Gasteiger partial charge is 0.146 e. The Labute approximate surface area is 121 Å². The molecule has 0 radical (unpaired) electrons. The van der Waals surface area contributed by atoms with Crippen molar-refractivity contribution in [3.8, 4) is 0 Å². The molecule has 1 aliphatic rings. The van der Waals surface area contributed by atoms with Gasteiger partial charge in [0.15, 0.2) is 0 Å². The first kappa shape index (κ1) is 15.3. The Balaban J connectivity index is 2.13. The highest BCUT2D eigenvalue weighted by Gasteiger charge is 2.21. The summed E-state index contributed by atoms with van der Waals surface area (Å²) in [6, 6.07) is 5.34. The summed E-state index contributed by atoms with van der Waals surface area (Å²) >= 11 is 0. The van der Waals surface area contributed by atoms with Gasteiger partial charge < -0.3 is 15.0 Å². The summed E-state index contributed by atoms with van der Waals surface area (Å²) in [6.45, 7) is 10.2. The Morgan fingerprint density at radius 3 is 2.95 bits per heavy atom. The molecule has 0 aromatic heterocycles. The van der Waals surface area contributed by atoms with E-state index < -0.39 is 0 Å². The molecule has 1 aromatic rings. The summed E-state index contributed by atoms with van der Waals surface area (Å²) in [7, 11) is 0. The van der Waals surface area contributed by atoms with Crippen LogP contribution in [-0.4, -0.2) is 32.3 Å². The van der Waals surface area contributed by atoms with E-state index in [4.69, 9.17) is 4.74 Å². The molecular weight excluding hydrogens is 255 g/mol. The molecule has 2 rings (SSSR count). The second kappa shape index (κ2) is 7.04. The predicted molar refractivity (Wildman–Crippen MR) is 80.6 cm³/mol. The number of halogens is 1. The standard InChI is InChI=1S/C16H25FN2O/c1-12(2)9-18-10-14-5-4-6-15(17)16(14)19-7-8-20-13(3)11-19/h4-6,12-13,18H,7-11H2,1-3H3. The number of hydrogen-bond donors (Lipinski definition) is 1. The maximum atomic E-state index is 14.2. The van der Waals surface area contributed by atoms with Crippen molar-refractivity contribution in [1.82, 2.24) is 5.32 Å². The van der Waals surface area contributed by atoms with Gasteiger partial charge in [-0.3, -0.25) is 0 Å². The minimum atomic E-state index is -0.136. The lowest BCUT2D eigenvalue weighted by Gasteiger charge is -2.34. The van der Waals surface area contributed by atoms with Crippen molar-refractivity contribution in [3.05, 3.63) is 29.6 Å². The van der Waals surface area contributed by atoms with Gasteiger partial charge in [-0.15, -0.1) is 0 Å². The molecule has 112 valence electrons. The van der Waals surface area contributed by atoms with Crippen LogP contribution in [0, 0.1) is 11.7 Å². The Morgan fingerprint density at radius 1 is 1.45 bits per heavy atom. The molecule has 1 N–H and O–H groups in total. The first-order valence-corrected chi connectivity index (χ1v) is 7.42. The Kier molecular flexibility index (Phi) is 5.38. The van der Waals surface area contributed by atoms with Crippen LogP contribution in [0.2, 0.25) is 0 Å². The van der Waals surface area contributed by atoms with Crippen LogP contribution < -0.4 is 10.2 Å². The summed E-state index contributed by atoms with van der Waals surface area (Å²) in [6.07, 6.45) is 0.153. The van der Waals surface area contributed by atoms with Crippen LogP contribution >= 0.6 is 0 Å². The Bertz CT molecular complexity index is 436. The highest BCUT2D eigenvalue weighted by molar-refractivity contribution is 5.55. The van der Waals surface area contributed by atoms with E-state index in [-0.39, 0.29) is 11.9 Å². The van der Waals surface area contributed by atoms with E-state index in [0.29, 0.717) is 19.1 Å². The van der Waals surface area contributed by atoms with Gasteiger partial charge in [-0.25, -0.2) is 4.39 Å². The lowest BCUT2D eigenvalue weighted by molar-refractivity contribution is 0.0529. The molecule has 3 nitrogen and oxygen atoms in total. The third-order valence-electron chi connectivity index (χ3n) is 3.50. The van der Waals surface area contributed by atoms with Gasteiger partial charge in [-0.1, -0.05) is 26.0 Å². The van der Waals surface area contributed by atoms with Crippen LogP contribution in [-0.2, 0) is 11.3 Å². The van der Waals surface area contributed by atoms with Crippen LogP contribution in [0.5, 0.6) is 0 Å². The molecule has 20 heavy (non-hydrogen) atoms. The normalized spacial score (nSPS) is 19.6. The van der Waals surface area contributed by atoms with E-state index in [2.05, 4.69) is 24.1 Å². The largest absolute Gasteiger partial charge is 0.375 e. The van der Waals surface area contributed by atoms with Crippen LogP contribution in [0.4, 0.5) is 10.1 Å². The maximum Gasteiger partial charge on any atom is 0.146 e. The molecular formula is C16H25FN2O. The van der Waals surface area contributed by atoms with Gasteiger partial charge in [-0.2, -0.15) is 0 Å². The fraction of sp³-hybridized carbons (Fsp3) is 0.625. The first-order chi connectivity index (χ1) is 9.58. The lowest BCUT2D eigenvalue weighted by Crippen LogP contribution is -2.42. The molecule has 0 amide bonds. The number of hydrogen-bond acceptors (Lipinski definition) is 3. The predicted octanol–water partition coefficient (Wildman–Crippen LogP) is 2.80.